The highest BCUT2D eigenvalue weighted by molar-refractivity contribution is 5.95. The van der Waals surface area contributed by atoms with Crippen LogP contribution in [0.25, 0.3) is 0 Å². The fourth-order valence-corrected chi connectivity index (χ4v) is 2.07. The second-order valence-electron chi connectivity index (χ2n) is 5.29. The van der Waals surface area contributed by atoms with Gasteiger partial charge in [-0.05, 0) is 24.6 Å². The monoisotopic (exact) mass is 316 g/mol. The first-order valence-corrected chi connectivity index (χ1v) is 7.40. The lowest BCUT2D eigenvalue weighted by atomic mass is 10.0. The van der Waals surface area contributed by atoms with E-state index in [1.54, 1.807) is 13.0 Å². The fourth-order valence-electron chi connectivity index (χ4n) is 2.07. The van der Waals surface area contributed by atoms with E-state index in [0.29, 0.717) is 6.42 Å². The van der Waals surface area contributed by atoms with Gasteiger partial charge in [0, 0.05) is 13.0 Å². The van der Waals surface area contributed by atoms with Crippen LogP contribution in [-0.2, 0) is 11.2 Å². The quantitative estimate of drug-likeness (QED) is 0.714. The van der Waals surface area contributed by atoms with E-state index in [9.17, 15) is 14.7 Å². The van der Waals surface area contributed by atoms with Gasteiger partial charge >= 0.3 is 0 Å². The summed E-state index contributed by atoms with van der Waals surface area (Å²) in [7, 11) is 0. The predicted molar refractivity (Wildman–Crippen MR) is 84.8 cm³/mol. The van der Waals surface area contributed by atoms with Crippen molar-refractivity contribution >= 4 is 11.8 Å². The summed E-state index contributed by atoms with van der Waals surface area (Å²) in [6.07, 6.45) is 1.09. The molecule has 2 unspecified atom stereocenters. The zero-order chi connectivity index (χ0) is 16.7. The van der Waals surface area contributed by atoms with Gasteiger partial charge in [-0.3, -0.25) is 9.59 Å². The number of rotatable bonds is 7. The number of benzene rings is 1. The Kier molecular flexibility index (Phi) is 5.94. The topological polar surface area (TPSA) is 91.6 Å². The van der Waals surface area contributed by atoms with E-state index in [4.69, 9.17) is 4.42 Å². The van der Waals surface area contributed by atoms with Crippen molar-refractivity contribution in [2.24, 2.45) is 0 Å². The summed E-state index contributed by atoms with van der Waals surface area (Å²) in [6, 6.07) is 11.8. The van der Waals surface area contributed by atoms with E-state index < -0.39 is 18.1 Å². The van der Waals surface area contributed by atoms with Gasteiger partial charge in [-0.2, -0.15) is 0 Å². The molecule has 2 atom stereocenters. The molecule has 0 fully saturated rings. The molecule has 0 bridgehead atoms. The highest BCUT2D eigenvalue weighted by atomic mass is 16.3. The van der Waals surface area contributed by atoms with E-state index in [2.05, 4.69) is 10.6 Å². The van der Waals surface area contributed by atoms with Gasteiger partial charge in [0.2, 0.25) is 5.91 Å². The van der Waals surface area contributed by atoms with Gasteiger partial charge in [0.05, 0.1) is 12.4 Å². The Morgan fingerprint density at radius 3 is 2.52 bits per heavy atom. The van der Waals surface area contributed by atoms with E-state index >= 15 is 0 Å². The number of hydrogen-bond donors (Lipinski definition) is 3. The highest BCUT2D eigenvalue weighted by Gasteiger charge is 2.23. The molecule has 0 spiro atoms. The molecule has 1 aromatic carbocycles. The van der Waals surface area contributed by atoms with Crippen LogP contribution in [0.1, 0.15) is 23.0 Å². The van der Waals surface area contributed by atoms with Gasteiger partial charge in [0.1, 0.15) is 6.04 Å². The molecule has 6 heteroatoms. The molecule has 0 aliphatic carbocycles. The number of hydrogen-bond acceptors (Lipinski definition) is 4. The molecule has 0 radical (unpaired) electrons. The Morgan fingerprint density at radius 1 is 1.17 bits per heavy atom. The first kappa shape index (κ1) is 16.8. The molecule has 0 aliphatic rings. The molecule has 6 nitrogen and oxygen atoms in total. The van der Waals surface area contributed by atoms with Crippen molar-refractivity contribution in [1.82, 2.24) is 10.6 Å². The molecule has 0 saturated carbocycles. The molecule has 1 heterocycles. The summed E-state index contributed by atoms with van der Waals surface area (Å²) >= 11 is 0. The summed E-state index contributed by atoms with van der Waals surface area (Å²) in [4.78, 5) is 24.4. The number of nitrogens with one attached hydrogen (secondary N) is 2. The standard InChI is InChI=1S/C17H20N2O4/c1-12(20)11-18-16(21)14(10-13-6-3-2-4-7-13)19-17(22)15-8-5-9-23-15/h2-9,12,14,20H,10-11H2,1H3,(H,18,21)(H,19,22). The molecule has 23 heavy (non-hydrogen) atoms. The average molecular weight is 316 g/mol. The second-order valence-corrected chi connectivity index (χ2v) is 5.29. The maximum atomic E-state index is 12.3. The van der Waals surface area contributed by atoms with Crippen molar-refractivity contribution in [2.45, 2.75) is 25.5 Å². The third-order valence-corrected chi connectivity index (χ3v) is 3.22. The van der Waals surface area contributed by atoms with Crippen LogP contribution in [0.2, 0.25) is 0 Å². The summed E-state index contributed by atoms with van der Waals surface area (Å²) in [6.45, 7) is 1.70. The van der Waals surface area contributed by atoms with Gasteiger partial charge in [-0.1, -0.05) is 30.3 Å². The lowest BCUT2D eigenvalue weighted by Crippen LogP contribution is -2.49. The van der Waals surface area contributed by atoms with Crippen molar-refractivity contribution in [2.75, 3.05) is 6.54 Å². The number of amides is 2. The zero-order valence-electron chi connectivity index (χ0n) is 12.9. The zero-order valence-corrected chi connectivity index (χ0v) is 12.9. The molecule has 2 aromatic rings. The minimum Gasteiger partial charge on any atom is -0.459 e. The van der Waals surface area contributed by atoms with Gasteiger partial charge < -0.3 is 20.2 Å². The Hall–Kier alpha value is -2.60. The van der Waals surface area contributed by atoms with Crippen LogP contribution >= 0.6 is 0 Å². The first-order valence-electron chi connectivity index (χ1n) is 7.40. The molecule has 1 aromatic heterocycles. The summed E-state index contributed by atoms with van der Waals surface area (Å²) < 4.78 is 5.04. The smallest absolute Gasteiger partial charge is 0.287 e. The third kappa shape index (κ3) is 5.27. The molecule has 0 saturated heterocycles. The Balaban J connectivity index is 2.07. The summed E-state index contributed by atoms with van der Waals surface area (Å²) in [5, 5.41) is 14.6. The van der Waals surface area contributed by atoms with Crippen LogP contribution in [0.3, 0.4) is 0 Å². The van der Waals surface area contributed by atoms with Crippen LogP contribution in [0.5, 0.6) is 0 Å². The van der Waals surface area contributed by atoms with Crippen molar-refractivity contribution < 1.29 is 19.1 Å². The molecule has 3 N–H and O–H groups in total. The number of aliphatic hydroxyl groups excluding tert-OH is 1. The number of carbonyl (C=O) groups is 2. The van der Waals surface area contributed by atoms with Crippen LogP contribution in [-0.4, -0.2) is 35.6 Å². The van der Waals surface area contributed by atoms with Gasteiger partial charge in [0.25, 0.3) is 5.91 Å². The van der Waals surface area contributed by atoms with Crippen molar-refractivity contribution in [3.63, 3.8) is 0 Å². The van der Waals surface area contributed by atoms with E-state index in [0.717, 1.165) is 5.56 Å². The average Bonchev–Trinajstić information content (AvgIpc) is 3.07. The van der Waals surface area contributed by atoms with Crippen LogP contribution < -0.4 is 10.6 Å². The number of carbonyl (C=O) groups excluding carboxylic acids is 2. The molecule has 2 amide bonds. The van der Waals surface area contributed by atoms with Gasteiger partial charge in [-0.15, -0.1) is 0 Å². The lowest BCUT2D eigenvalue weighted by molar-refractivity contribution is -0.123. The first-order chi connectivity index (χ1) is 11.1. The molecular formula is C17H20N2O4. The Labute approximate surface area is 134 Å². The molecular weight excluding hydrogens is 296 g/mol. The minimum absolute atomic E-state index is 0.126. The van der Waals surface area contributed by atoms with Crippen LogP contribution in [0.4, 0.5) is 0 Å². The van der Waals surface area contributed by atoms with Crippen LogP contribution in [0, 0.1) is 0 Å². The molecule has 0 aliphatic heterocycles. The third-order valence-electron chi connectivity index (χ3n) is 3.22. The maximum Gasteiger partial charge on any atom is 0.287 e. The highest BCUT2D eigenvalue weighted by Crippen LogP contribution is 2.06. The maximum absolute atomic E-state index is 12.3. The number of aliphatic hydroxyl groups is 1. The number of furan rings is 1. The van der Waals surface area contributed by atoms with Gasteiger partial charge in [0.15, 0.2) is 5.76 Å². The van der Waals surface area contributed by atoms with E-state index in [-0.39, 0.29) is 18.2 Å². The Morgan fingerprint density at radius 2 is 1.91 bits per heavy atom. The van der Waals surface area contributed by atoms with Crippen molar-refractivity contribution in [1.29, 1.82) is 0 Å². The molecule has 122 valence electrons. The SMILES string of the molecule is CC(O)CNC(=O)C(Cc1ccccc1)NC(=O)c1ccco1. The Bertz CT molecular complexity index is 623. The summed E-state index contributed by atoms with van der Waals surface area (Å²) in [5.74, 6) is -0.663. The second kappa shape index (κ2) is 8.14. The van der Waals surface area contributed by atoms with Crippen molar-refractivity contribution in [3.05, 3.63) is 60.1 Å². The minimum atomic E-state index is -0.756. The molecule has 2 rings (SSSR count). The summed E-state index contributed by atoms with van der Waals surface area (Å²) in [5.41, 5.74) is 0.921. The predicted octanol–water partition coefficient (Wildman–Crippen LogP) is 1.12. The fraction of sp³-hybridized carbons (Fsp3) is 0.294. The van der Waals surface area contributed by atoms with Gasteiger partial charge in [-0.25, -0.2) is 0 Å². The van der Waals surface area contributed by atoms with Crippen molar-refractivity contribution in [3.8, 4) is 0 Å². The van der Waals surface area contributed by atoms with E-state index in [1.807, 2.05) is 30.3 Å². The normalized spacial score (nSPS) is 13.1. The lowest BCUT2D eigenvalue weighted by Gasteiger charge is -2.18. The van der Waals surface area contributed by atoms with Crippen LogP contribution in [0.15, 0.2) is 53.1 Å². The van der Waals surface area contributed by atoms with E-state index in [1.165, 1.54) is 12.3 Å². The largest absolute Gasteiger partial charge is 0.459 e.